The van der Waals surface area contributed by atoms with Gasteiger partial charge in [0.05, 0.1) is 6.61 Å². The summed E-state index contributed by atoms with van der Waals surface area (Å²) in [5.41, 5.74) is 0. The highest BCUT2D eigenvalue weighted by Gasteiger charge is 2.20. The van der Waals surface area contributed by atoms with Gasteiger partial charge in [0.1, 0.15) is 6.10 Å². The molecule has 0 rings (SSSR count). The van der Waals surface area contributed by atoms with Gasteiger partial charge in [-0.3, -0.25) is 4.52 Å². The van der Waals surface area contributed by atoms with Gasteiger partial charge in [-0.1, -0.05) is 39.2 Å². The maximum absolute atomic E-state index is 11.1. The smallest absolute Gasteiger partial charge is 0.457 e. The summed E-state index contributed by atoms with van der Waals surface area (Å²) in [5, 5.41) is 0. The minimum absolute atomic E-state index is 0.308. The third-order valence-electron chi connectivity index (χ3n) is 2.51. The summed E-state index contributed by atoms with van der Waals surface area (Å²) >= 11 is 0. The number of ether oxygens (including phenoxy) is 1. The molecule has 0 amide bonds. The summed E-state index contributed by atoms with van der Waals surface area (Å²) in [6.07, 6.45) is 6.07. The molecule has 1 unspecified atom stereocenters. The Morgan fingerprint density at radius 3 is 2.47 bits per heavy atom. The third-order valence-corrected chi connectivity index (χ3v) is 2.99. The van der Waals surface area contributed by atoms with Crippen molar-refractivity contribution in [1.82, 2.24) is 0 Å². The Morgan fingerprint density at radius 2 is 1.95 bits per heavy atom. The van der Waals surface area contributed by atoms with E-state index in [1.807, 2.05) is 0 Å². The Labute approximate surface area is 114 Å². The molecule has 0 radical (unpaired) electrons. The van der Waals surface area contributed by atoms with Crippen molar-refractivity contribution in [3.8, 4) is 0 Å². The summed E-state index contributed by atoms with van der Waals surface area (Å²) < 4.78 is 20.0. The van der Waals surface area contributed by atoms with E-state index in [2.05, 4.69) is 18.0 Å². The van der Waals surface area contributed by atoms with E-state index in [0.717, 1.165) is 38.2 Å². The molecule has 0 aromatic rings. The lowest BCUT2D eigenvalue weighted by Gasteiger charge is -2.17. The molecule has 0 heterocycles. The SMILES string of the molecule is C=CC(=O)OC(CCCCCCC)COP(=O)(O)O. The standard InChI is InChI=1S/C12H23O6P/c1-3-5-6-7-8-9-11(18-12(13)4-2)10-17-19(14,15)16/h4,11H,2-3,5-10H2,1H3,(H2,14,15,16). The quantitative estimate of drug-likeness (QED) is 0.263. The van der Waals surface area contributed by atoms with E-state index in [1.165, 1.54) is 0 Å². The maximum Gasteiger partial charge on any atom is 0.469 e. The van der Waals surface area contributed by atoms with Crippen molar-refractivity contribution in [3.05, 3.63) is 12.7 Å². The third kappa shape index (κ3) is 12.1. The van der Waals surface area contributed by atoms with Crippen molar-refractivity contribution in [1.29, 1.82) is 0 Å². The van der Waals surface area contributed by atoms with Gasteiger partial charge < -0.3 is 14.5 Å². The largest absolute Gasteiger partial charge is 0.469 e. The van der Waals surface area contributed by atoms with E-state index < -0.39 is 19.9 Å². The van der Waals surface area contributed by atoms with Crippen LogP contribution in [0.15, 0.2) is 12.7 Å². The highest BCUT2D eigenvalue weighted by Crippen LogP contribution is 2.36. The maximum atomic E-state index is 11.1. The van der Waals surface area contributed by atoms with Gasteiger partial charge in [-0.15, -0.1) is 0 Å². The van der Waals surface area contributed by atoms with Crippen LogP contribution in [0.1, 0.15) is 45.4 Å². The molecule has 19 heavy (non-hydrogen) atoms. The number of hydrogen-bond donors (Lipinski definition) is 2. The molecule has 7 heteroatoms. The molecular weight excluding hydrogens is 271 g/mol. The Bertz CT molecular complexity index is 311. The molecule has 6 nitrogen and oxygen atoms in total. The van der Waals surface area contributed by atoms with Crippen molar-refractivity contribution in [2.45, 2.75) is 51.6 Å². The number of hydrogen-bond acceptors (Lipinski definition) is 4. The second-order valence-electron chi connectivity index (χ2n) is 4.25. The van der Waals surface area contributed by atoms with Crippen LogP contribution in [0.4, 0.5) is 0 Å². The molecule has 0 aromatic carbocycles. The number of esters is 1. The summed E-state index contributed by atoms with van der Waals surface area (Å²) in [7, 11) is -4.54. The molecule has 112 valence electrons. The highest BCUT2D eigenvalue weighted by atomic mass is 31.2. The fraction of sp³-hybridized carbons (Fsp3) is 0.750. The molecule has 0 aliphatic carbocycles. The van der Waals surface area contributed by atoms with E-state index in [9.17, 15) is 9.36 Å². The van der Waals surface area contributed by atoms with E-state index in [-0.39, 0.29) is 6.61 Å². The normalized spacial score (nSPS) is 13.0. The first kappa shape index (κ1) is 18.3. The van der Waals surface area contributed by atoms with Gasteiger partial charge in [-0.05, 0) is 12.8 Å². The lowest BCUT2D eigenvalue weighted by Crippen LogP contribution is -2.22. The molecule has 0 spiro atoms. The molecule has 1 atom stereocenters. The van der Waals surface area contributed by atoms with Gasteiger partial charge in [0.25, 0.3) is 0 Å². The van der Waals surface area contributed by atoms with Crippen LogP contribution in [0.2, 0.25) is 0 Å². The number of carbonyl (C=O) groups excluding carboxylic acids is 1. The zero-order chi connectivity index (χ0) is 14.7. The first-order chi connectivity index (χ1) is 8.89. The average molecular weight is 294 g/mol. The number of unbranched alkanes of at least 4 members (excludes halogenated alkanes) is 4. The topological polar surface area (TPSA) is 93.1 Å². The lowest BCUT2D eigenvalue weighted by molar-refractivity contribution is -0.145. The van der Waals surface area contributed by atoms with Gasteiger partial charge >= 0.3 is 13.8 Å². The molecule has 0 aliphatic rings. The Hall–Kier alpha value is -0.680. The van der Waals surface area contributed by atoms with Crippen molar-refractivity contribution >= 4 is 13.8 Å². The second-order valence-corrected chi connectivity index (χ2v) is 5.49. The number of carbonyl (C=O) groups is 1. The van der Waals surface area contributed by atoms with E-state index in [1.54, 1.807) is 0 Å². The minimum atomic E-state index is -4.54. The van der Waals surface area contributed by atoms with Crippen molar-refractivity contribution < 1.29 is 28.4 Å². The monoisotopic (exact) mass is 294 g/mol. The summed E-state index contributed by atoms with van der Waals surface area (Å²) in [6.45, 7) is 5.08. The first-order valence-electron chi connectivity index (χ1n) is 6.42. The van der Waals surface area contributed by atoms with Crippen LogP contribution in [-0.2, 0) is 18.6 Å². The van der Waals surface area contributed by atoms with Crippen LogP contribution in [0.3, 0.4) is 0 Å². The number of phosphoric ester groups is 1. The Balaban J connectivity index is 4.07. The van der Waals surface area contributed by atoms with Crippen LogP contribution < -0.4 is 0 Å². The summed E-state index contributed by atoms with van der Waals surface area (Å²) in [5.74, 6) is -0.618. The predicted octanol–water partition coefficient (Wildman–Crippen LogP) is 2.55. The van der Waals surface area contributed by atoms with Crippen molar-refractivity contribution in [3.63, 3.8) is 0 Å². The molecule has 0 fully saturated rings. The fourth-order valence-electron chi connectivity index (χ4n) is 1.54. The average Bonchev–Trinajstić information content (AvgIpc) is 2.34. The Morgan fingerprint density at radius 1 is 1.32 bits per heavy atom. The highest BCUT2D eigenvalue weighted by molar-refractivity contribution is 7.46. The van der Waals surface area contributed by atoms with E-state index >= 15 is 0 Å². The van der Waals surface area contributed by atoms with Crippen LogP contribution in [-0.4, -0.2) is 28.5 Å². The van der Waals surface area contributed by atoms with Crippen LogP contribution in [0.5, 0.6) is 0 Å². The molecular formula is C12H23O6P. The molecule has 0 aliphatic heterocycles. The van der Waals surface area contributed by atoms with Gasteiger partial charge in [0.2, 0.25) is 0 Å². The van der Waals surface area contributed by atoms with Crippen LogP contribution in [0, 0.1) is 0 Å². The zero-order valence-electron chi connectivity index (χ0n) is 11.3. The second kappa shape index (κ2) is 10.1. The van der Waals surface area contributed by atoms with Gasteiger partial charge in [-0.2, -0.15) is 0 Å². The first-order valence-corrected chi connectivity index (χ1v) is 7.95. The predicted molar refractivity (Wildman–Crippen MR) is 71.4 cm³/mol. The molecule has 0 saturated carbocycles. The Kier molecular flexibility index (Phi) is 9.79. The summed E-state index contributed by atoms with van der Waals surface area (Å²) in [4.78, 5) is 28.3. The molecule has 2 N–H and O–H groups in total. The lowest BCUT2D eigenvalue weighted by atomic mass is 10.1. The molecule has 0 aromatic heterocycles. The summed E-state index contributed by atoms with van der Waals surface area (Å²) in [6, 6.07) is 0. The van der Waals surface area contributed by atoms with Crippen molar-refractivity contribution in [2.75, 3.05) is 6.61 Å². The number of rotatable bonds is 11. The molecule has 0 saturated heterocycles. The van der Waals surface area contributed by atoms with Gasteiger partial charge in [-0.25, -0.2) is 9.36 Å². The fourth-order valence-corrected chi connectivity index (χ4v) is 1.90. The zero-order valence-corrected chi connectivity index (χ0v) is 12.2. The van der Waals surface area contributed by atoms with Crippen molar-refractivity contribution in [2.24, 2.45) is 0 Å². The van der Waals surface area contributed by atoms with Crippen LogP contribution in [0.25, 0.3) is 0 Å². The van der Waals surface area contributed by atoms with Gasteiger partial charge in [0, 0.05) is 6.08 Å². The number of phosphoric acid groups is 1. The van der Waals surface area contributed by atoms with Gasteiger partial charge in [0.15, 0.2) is 0 Å². The van der Waals surface area contributed by atoms with Crippen LogP contribution >= 0.6 is 7.82 Å². The van der Waals surface area contributed by atoms with E-state index in [0.29, 0.717) is 6.42 Å². The molecule has 0 bridgehead atoms. The minimum Gasteiger partial charge on any atom is -0.457 e. The van der Waals surface area contributed by atoms with E-state index in [4.69, 9.17) is 14.5 Å².